The molecule has 1 aliphatic carbocycles. The third-order valence-corrected chi connectivity index (χ3v) is 6.08. The number of amides is 2. The molecule has 1 saturated carbocycles. The van der Waals surface area contributed by atoms with Crippen molar-refractivity contribution in [1.82, 2.24) is 24.9 Å². The van der Waals surface area contributed by atoms with Crippen LogP contribution in [-0.2, 0) is 16.6 Å². The number of aromatic nitrogens is 2. The van der Waals surface area contributed by atoms with E-state index in [0.717, 1.165) is 25.6 Å². The van der Waals surface area contributed by atoms with Crippen LogP contribution < -0.4 is 5.32 Å². The van der Waals surface area contributed by atoms with Crippen LogP contribution in [0, 0.1) is 11.8 Å². The highest BCUT2D eigenvalue weighted by atomic mass is 16.5. The largest absolute Gasteiger partial charge is 0.365 e. The lowest BCUT2D eigenvalue weighted by Gasteiger charge is -2.38. The standard InChI is InChI=1S/C20H31N5O3/c1-23-12-17(8-22-23)20(27)21-9-18-13-25(19(26)14-28-18)11-16-4-6-24(7-5-16)10-15-2-3-15/h8,12,15-16,18H,2-7,9-11,13-14H2,1H3,(H,21,27)/t18-/m1/s1. The molecule has 2 aliphatic heterocycles. The molecule has 154 valence electrons. The maximum atomic E-state index is 12.3. The number of morpholine rings is 1. The Morgan fingerprint density at radius 3 is 2.64 bits per heavy atom. The van der Waals surface area contributed by atoms with Gasteiger partial charge in [-0.25, -0.2) is 0 Å². The molecule has 0 aromatic carbocycles. The van der Waals surface area contributed by atoms with Crippen LogP contribution in [0.5, 0.6) is 0 Å². The molecule has 8 heteroatoms. The summed E-state index contributed by atoms with van der Waals surface area (Å²) in [6.45, 7) is 5.45. The lowest BCUT2D eigenvalue weighted by Crippen LogP contribution is -2.52. The van der Waals surface area contributed by atoms with E-state index < -0.39 is 0 Å². The number of ether oxygens (including phenoxy) is 1. The molecule has 8 nitrogen and oxygen atoms in total. The summed E-state index contributed by atoms with van der Waals surface area (Å²) >= 11 is 0. The fourth-order valence-corrected chi connectivity index (χ4v) is 4.16. The van der Waals surface area contributed by atoms with E-state index in [1.54, 1.807) is 24.1 Å². The summed E-state index contributed by atoms with van der Waals surface area (Å²) in [5.74, 6) is 1.42. The third-order valence-electron chi connectivity index (χ3n) is 6.08. The zero-order chi connectivity index (χ0) is 19.5. The summed E-state index contributed by atoms with van der Waals surface area (Å²) in [7, 11) is 1.78. The zero-order valence-electron chi connectivity index (χ0n) is 16.7. The van der Waals surface area contributed by atoms with Crippen LogP contribution in [0.25, 0.3) is 0 Å². The highest BCUT2D eigenvalue weighted by Crippen LogP contribution is 2.31. The number of nitrogens with zero attached hydrogens (tertiary/aromatic N) is 4. The number of aryl methyl sites for hydroxylation is 1. The molecule has 1 atom stereocenters. The van der Waals surface area contributed by atoms with Crippen molar-refractivity contribution in [2.24, 2.45) is 18.9 Å². The summed E-state index contributed by atoms with van der Waals surface area (Å²) in [5, 5.41) is 6.90. The fraction of sp³-hybridized carbons (Fsp3) is 0.750. The SMILES string of the molecule is Cn1cc(C(=O)NC[C@@H]2CN(CC3CCN(CC4CC4)CC3)C(=O)CO2)cn1. The van der Waals surface area contributed by atoms with Crippen LogP contribution in [-0.4, -0.2) is 83.4 Å². The fourth-order valence-electron chi connectivity index (χ4n) is 4.16. The molecular formula is C20H31N5O3. The van der Waals surface area contributed by atoms with Crippen LogP contribution in [0.4, 0.5) is 0 Å². The van der Waals surface area contributed by atoms with Gasteiger partial charge in [-0.1, -0.05) is 0 Å². The number of carbonyl (C=O) groups is 2. The monoisotopic (exact) mass is 389 g/mol. The molecular weight excluding hydrogens is 358 g/mol. The maximum Gasteiger partial charge on any atom is 0.254 e. The Hall–Kier alpha value is -1.93. The number of carbonyl (C=O) groups excluding carboxylic acids is 2. The molecule has 3 fully saturated rings. The molecule has 28 heavy (non-hydrogen) atoms. The van der Waals surface area contributed by atoms with Crippen LogP contribution in [0.1, 0.15) is 36.0 Å². The molecule has 0 bridgehead atoms. The number of rotatable bonds is 7. The van der Waals surface area contributed by atoms with E-state index >= 15 is 0 Å². The van der Waals surface area contributed by atoms with E-state index in [-0.39, 0.29) is 24.5 Å². The van der Waals surface area contributed by atoms with Crippen molar-refractivity contribution in [2.45, 2.75) is 31.8 Å². The van der Waals surface area contributed by atoms with Crippen molar-refractivity contribution in [3.8, 4) is 0 Å². The average molecular weight is 390 g/mol. The van der Waals surface area contributed by atoms with Crippen molar-refractivity contribution in [3.63, 3.8) is 0 Å². The van der Waals surface area contributed by atoms with E-state index in [1.165, 1.54) is 32.2 Å². The van der Waals surface area contributed by atoms with E-state index in [2.05, 4.69) is 15.3 Å². The van der Waals surface area contributed by atoms with Crippen molar-refractivity contribution in [3.05, 3.63) is 18.0 Å². The quantitative estimate of drug-likeness (QED) is 0.735. The molecule has 0 radical (unpaired) electrons. The van der Waals surface area contributed by atoms with Crippen molar-refractivity contribution in [2.75, 3.05) is 45.9 Å². The number of nitrogens with one attached hydrogen (secondary N) is 1. The van der Waals surface area contributed by atoms with E-state index in [9.17, 15) is 9.59 Å². The Bertz CT molecular complexity index is 694. The van der Waals surface area contributed by atoms with Gasteiger partial charge in [-0.2, -0.15) is 5.10 Å². The summed E-state index contributed by atoms with van der Waals surface area (Å²) < 4.78 is 7.23. The van der Waals surface area contributed by atoms with Gasteiger partial charge in [0.2, 0.25) is 5.91 Å². The second-order valence-electron chi connectivity index (χ2n) is 8.53. The van der Waals surface area contributed by atoms with Crippen molar-refractivity contribution >= 4 is 11.8 Å². The Balaban J connectivity index is 1.21. The van der Waals surface area contributed by atoms with Crippen LogP contribution in [0.3, 0.4) is 0 Å². The third kappa shape index (κ3) is 5.11. The molecule has 3 aliphatic rings. The summed E-state index contributed by atoms with van der Waals surface area (Å²) in [4.78, 5) is 29.0. The second-order valence-corrected chi connectivity index (χ2v) is 8.53. The number of piperidine rings is 1. The first-order valence-electron chi connectivity index (χ1n) is 10.5. The zero-order valence-corrected chi connectivity index (χ0v) is 16.7. The van der Waals surface area contributed by atoms with Gasteiger partial charge >= 0.3 is 0 Å². The first kappa shape index (κ1) is 19.4. The van der Waals surface area contributed by atoms with Crippen molar-refractivity contribution < 1.29 is 14.3 Å². The van der Waals surface area contributed by atoms with Crippen LogP contribution in [0.15, 0.2) is 12.4 Å². The molecule has 0 unspecified atom stereocenters. The summed E-state index contributed by atoms with van der Waals surface area (Å²) in [5.41, 5.74) is 0.532. The highest BCUT2D eigenvalue weighted by molar-refractivity contribution is 5.93. The Kier molecular flexibility index (Phi) is 5.96. The van der Waals surface area contributed by atoms with Crippen LogP contribution >= 0.6 is 0 Å². The minimum Gasteiger partial charge on any atom is -0.365 e. The molecule has 3 heterocycles. The lowest BCUT2D eigenvalue weighted by atomic mass is 9.95. The Morgan fingerprint density at radius 2 is 1.96 bits per heavy atom. The maximum absolute atomic E-state index is 12.3. The normalized spacial score (nSPS) is 24.5. The first-order valence-corrected chi connectivity index (χ1v) is 10.5. The minimum absolute atomic E-state index is 0.0650. The molecule has 2 amide bonds. The predicted octanol–water partition coefficient (Wildman–Crippen LogP) is 0.499. The molecule has 1 aromatic rings. The summed E-state index contributed by atoms with van der Waals surface area (Å²) in [6.07, 6.45) is 8.21. The lowest BCUT2D eigenvalue weighted by molar-refractivity contribution is -0.149. The smallest absolute Gasteiger partial charge is 0.254 e. The Labute approximate surface area is 166 Å². The van der Waals surface area contributed by atoms with Gasteiger partial charge < -0.3 is 19.9 Å². The topological polar surface area (TPSA) is 79.7 Å². The molecule has 2 saturated heterocycles. The van der Waals surface area contributed by atoms with Gasteiger partial charge in [0.15, 0.2) is 0 Å². The molecule has 4 rings (SSSR count). The number of likely N-dealkylation sites (tertiary alicyclic amines) is 1. The number of hydrogen-bond acceptors (Lipinski definition) is 5. The van der Waals surface area contributed by atoms with Gasteiger partial charge in [-0.3, -0.25) is 14.3 Å². The van der Waals surface area contributed by atoms with E-state index in [0.29, 0.717) is 24.6 Å². The molecule has 0 spiro atoms. The first-order chi connectivity index (χ1) is 13.6. The van der Waals surface area contributed by atoms with Gasteiger partial charge in [-0.15, -0.1) is 0 Å². The van der Waals surface area contributed by atoms with Crippen molar-refractivity contribution in [1.29, 1.82) is 0 Å². The van der Waals surface area contributed by atoms with Gasteiger partial charge in [0.1, 0.15) is 6.61 Å². The number of hydrogen-bond donors (Lipinski definition) is 1. The molecule has 1 N–H and O–H groups in total. The minimum atomic E-state index is -0.164. The van der Waals surface area contributed by atoms with Gasteiger partial charge in [0.05, 0.1) is 17.9 Å². The Morgan fingerprint density at radius 1 is 1.21 bits per heavy atom. The molecule has 1 aromatic heterocycles. The van der Waals surface area contributed by atoms with Gasteiger partial charge in [-0.05, 0) is 50.6 Å². The van der Waals surface area contributed by atoms with E-state index in [4.69, 9.17) is 4.74 Å². The van der Waals surface area contributed by atoms with Gasteiger partial charge in [0, 0.05) is 39.4 Å². The predicted molar refractivity (Wildman–Crippen MR) is 104 cm³/mol. The highest BCUT2D eigenvalue weighted by Gasteiger charge is 2.31. The van der Waals surface area contributed by atoms with Gasteiger partial charge in [0.25, 0.3) is 5.91 Å². The average Bonchev–Trinajstić information content (AvgIpc) is 3.40. The van der Waals surface area contributed by atoms with Crippen LogP contribution in [0.2, 0.25) is 0 Å². The second kappa shape index (κ2) is 8.61. The van der Waals surface area contributed by atoms with E-state index in [1.807, 2.05) is 4.90 Å². The summed E-state index contributed by atoms with van der Waals surface area (Å²) in [6, 6.07) is 0.